The third kappa shape index (κ3) is 2.97. The lowest BCUT2D eigenvalue weighted by Crippen LogP contribution is -2.45. The van der Waals surface area contributed by atoms with E-state index in [-0.39, 0.29) is 17.4 Å². The number of nitrogens with zero attached hydrogens (tertiary/aromatic N) is 1. The number of piperidine rings is 1. The SMILES string of the molecule is COc1cc(C2(C(=O)N3CCC(C(C)O)CC3)CC2)ccc1C. The predicted octanol–water partition coefficient (Wildman–Crippen LogP) is 2.65. The second-order valence-electron chi connectivity index (χ2n) is 7.14. The van der Waals surface area contributed by atoms with Crippen LogP contribution in [0.25, 0.3) is 0 Å². The number of rotatable bonds is 4. The molecule has 0 bridgehead atoms. The van der Waals surface area contributed by atoms with Crippen molar-refractivity contribution in [3.63, 3.8) is 0 Å². The molecule has 2 fully saturated rings. The third-order valence-corrected chi connectivity index (χ3v) is 5.63. The Morgan fingerprint density at radius 1 is 1.35 bits per heavy atom. The van der Waals surface area contributed by atoms with Crippen LogP contribution in [0.3, 0.4) is 0 Å². The summed E-state index contributed by atoms with van der Waals surface area (Å²) in [5, 5.41) is 9.72. The Kier molecular flexibility index (Phi) is 4.37. The zero-order valence-electron chi connectivity index (χ0n) is 14.3. The maximum absolute atomic E-state index is 13.1. The number of ether oxygens (including phenoxy) is 1. The van der Waals surface area contributed by atoms with E-state index in [9.17, 15) is 9.90 Å². The second-order valence-corrected chi connectivity index (χ2v) is 7.14. The number of aliphatic hydroxyl groups excluding tert-OH is 1. The van der Waals surface area contributed by atoms with E-state index in [1.165, 1.54) is 0 Å². The summed E-state index contributed by atoms with van der Waals surface area (Å²) in [6.07, 6.45) is 3.37. The molecule has 4 nitrogen and oxygen atoms in total. The summed E-state index contributed by atoms with van der Waals surface area (Å²) in [4.78, 5) is 15.1. The van der Waals surface area contributed by atoms with Gasteiger partial charge in [-0.15, -0.1) is 0 Å². The summed E-state index contributed by atoms with van der Waals surface area (Å²) in [5.41, 5.74) is 1.85. The number of aryl methyl sites for hydroxylation is 1. The fourth-order valence-corrected chi connectivity index (χ4v) is 3.76. The van der Waals surface area contributed by atoms with Crippen molar-refractivity contribution in [2.75, 3.05) is 20.2 Å². The zero-order chi connectivity index (χ0) is 16.6. The largest absolute Gasteiger partial charge is 0.496 e. The number of likely N-dealkylation sites (tertiary alicyclic amines) is 1. The van der Waals surface area contributed by atoms with Crippen LogP contribution in [0.2, 0.25) is 0 Å². The normalized spacial score (nSPS) is 21.8. The molecule has 1 unspecified atom stereocenters. The lowest BCUT2D eigenvalue weighted by Gasteiger charge is -2.35. The van der Waals surface area contributed by atoms with Gasteiger partial charge in [0.05, 0.1) is 18.6 Å². The highest BCUT2D eigenvalue weighted by Gasteiger charge is 2.53. The van der Waals surface area contributed by atoms with Crippen LogP contribution < -0.4 is 4.74 Å². The van der Waals surface area contributed by atoms with Gasteiger partial charge in [0.2, 0.25) is 5.91 Å². The molecule has 23 heavy (non-hydrogen) atoms. The van der Waals surface area contributed by atoms with Gasteiger partial charge in [0, 0.05) is 13.1 Å². The molecule has 1 saturated carbocycles. The quantitative estimate of drug-likeness (QED) is 0.929. The number of aliphatic hydroxyl groups is 1. The lowest BCUT2D eigenvalue weighted by molar-refractivity contribution is -0.136. The standard InChI is InChI=1S/C19H27NO3/c1-13-4-5-16(12-17(13)23-3)19(8-9-19)18(22)20-10-6-15(7-11-20)14(2)21/h4-5,12,14-15,21H,6-11H2,1-3H3. The number of carbonyl (C=O) groups excluding carboxylic acids is 1. The molecule has 1 aromatic carbocycles. The Morgan fingerprint density at radius 2 is 2.00 bits per heavy atom. The Hall–Kier alpha value is -1.55. The molecule has 1 aromatic rings. The lowest BCUT2D eigenvalue weighted by atomic mass is 9.89. The first-order valence-corrected chi connectivity index (χ1v) is 8.60. The van der Waals surface area contributed by atoms with Gasteiger partial charge in [0.25, 0.3) is 0 Å². The van der Waals surface area contributed by atoms with Crippen molar-refractivity contribution in [1.82, 2.24) is 4.90 Å². The van der Waals surface area contributed by atoms with Crippen LogP contribution in [-0.2, 0) is 10.2 Å². The van der Waals surface area contributed by atoms with Gasteiger partial charge in [-0.2, -0.15) is 0 Å². The number of hydrogen-bond donors (Lipinski definition) is 1. The summed E-state index contributed by atoms with van der Waals surface area (Å²) < 4.78 is 5.42. The first-order chi connectivity index (χ1) is 11.0. The van der Waals surface area contributed by atoms with E-state index in [1.807, 2.05) is 30.9 Å². The highest BCUT2D eigenvalue weighted by molar-refractivity contribution is 5.91. The van der Waals surface area contributed by atoms with Gasteiger partial charge < -0.3 is 14.7 Å². The smallest absolute Gasteiger partial charge is 0.233 e. The molecule has 3 rings (SSSR count). The van der Waals surface area contributed by atoms with E-state index in [0.717, 1.165) is 55.6 Å². The van der Waals surface area contributed by atoms with Gasteiger partial charge in [-0.25, -0.2) is 0 Å². The van der Waals surface area contributed by atoms with Gasteiger partial charge in [-0.1, -0.05) is 12.1 Å². The molecule has 0 radical (unpaired) electrons. The van der Waals surface area contributed by atoms with E-state index < -0.39 is 0 Å². The zero-order valence-corrected chi connectivity index (χ0v) is 14.3. The maximum Gasteiger partial charge on any atom is 0.233 e. The average Bonchev–Trinajstić information content (AvgIpc) is 3.36. The van der Waals surface area contributed by atoms with Gasteiger partial charge in [0.15, 0.2) is 0 Å². The van der Waals surface area contributed by atoms with E-state index >= 15 is 0 Å². The van der Waals surface area contributed by atoms with Crippen LogP contribution in [0.15, 0.2) is 18.2 Å². The molecule has 0 spiro atoms. The van der Waals surface area contributed by atoms with Crippen molar-refractivity contribution in [3.8, 4) is 5.75 Å². The Morgan fingerprint density at radius 3 is 2.52 bits per heavy atom. The Bertz CT molecular complexity index is 584. The van der Waals surface area contributed by atoms with Crippen molar-refractivity contribution in [3.05, 3.63) is 29.3 Å². The maximum atomic E-state index is 13.1. The minimum absolute atomic E-state index is 0.257. The molecule has 1 amide bonds. The van der Waals surface area contributed by atoms with Gasteiger partial charge >= 0.3 is 0 Å². The van der Waals surface area contributed by atoms with Gasteiger partial charge in [-0.05, 0) is 62.6 Å². The van der Waals surface area contributed by atoms with Gasteiger partial charge in [-0.3, -0.25) is 4.79 Å². The summed E-state index contributed by atoms with van der Waals surface area (Å²) >= 11 is 0. The van der Waals surface area contributed by atoms with Crippen LogP contribution in [0.5, 0.6) is 5.75 Å². The highest BCUT2D eigenvalue weighted by Crippen LogP contribution is 2.50. The molecule has 1 N–H and O–H groups in total. The molecule has 1 aliphatic heterocycles. The summed E-state index contributed by atoms with van der Waals surface area (Å²) in [5.74, 6) is 1.44. The molecule has 1 saturated heterocycles. The average molecular weight is 317 g/mol. The van der Waals surface area contributed by atoms with Crippen molar-refractivity contribution >= 4 is 5.91 Å². The molecule has 4 heteroatoms. The van der Waals surface area contributed by atoms with E-state index in [1.54, 1.807) is 7.11 Å². The van der Waals surface area contributed by atoms with Crippen LogP contribution in [0.1, 0.15) is 43.7 Å². The van der Waals surface area contributed by atoms with E-state index in [2.05, 4.69) is 6.07 Å². The highest BCUT2D eigenvalue weighted by atomic mass is 16.5. The van der Waals surface area contributed by atoms with Crippen LogP contribution in [-0.4, -0.2) is 42.2 Å². The number of carbonyl (C=O) groups is 1. The number of benzene rings is 1. The molecule has 126 valence electrons. The summed E-state index contributed by atoms with van der Waals surface area (Å²) in [6, 6.07) is 6.15. The minimum atomic E-state index is -0.335. The number of hydrogen-bond acceptors (Lipinski definition) is 3. The molecule has 0 aromatic heterocycles. The molecule has 1 aliphatic carbocycles. The molecule has 1 heterocycles. The monoisotopic (exact) mass is 317 g/mol. The van der Waals surface area contributed by atoms with Crippen molar-refractivity contribution in [1.29, 1.82) is 0 Å². The first-order valence-electron chi connectivity index (χ1n) is 8.60. The van der Waals surface area contributed by atoms with Crippen LogP contribution >= 0.6 is 0 Å². The molecule has 1 atom stereocenters. The topological polar surface area (TPSA) is 49.8 Å². The fourth-order valence-electron chi connectivity index (χ4n) is 3.76. The van der Waals surface area contributed by atoms with E-state index in [0.29, 0.717) is 5.92 Å². The third-order valence-electron chi connectivity index (χ3n) is 5.63. The van der Waals surface area contributed by atoms with Crippen molar-refractivity contribution < 1.29 is 14.6 Å². The van der Waals surface area contributed by atoms with Crippen molar-refractivity contribution in [2.24, 2.45) is 5.92 Å². The van der Waals surface area contributed by atoms with Crippen LogP contribution in [0, 0.1) is 12.8 Å². The number of methoxy groups -OCH3 is 1. The second kappa shape index (κ2) is 6.16. The van der Waals surface area contributed by atoms with Gasteiger partial charge in [0.1, 0.15) is 5.75 Å². The Balaban J connectivity index is 1.75. The number of amides is 1. The van der Waals surface area contributed by atoms with E-state index in [4.69, 9.17) is 4.74 Å². The summed E-state index contributed by atoms with van der Waals surface area (Å²) in [7, 11) is 1.67. The molecule has 2 aliphatic rings. The first kappa shape index (κ1) is 16.3. The summed E-state index contributed by atoms with van der Waals surface area (Å²) in [6.45, 7) is 5.40. The predicted molar refractivity (Wildman–Crippen MR) is 89.6 cm³/mol. The van der Waals surface area contributed by atoms with Crippen LogP contribution in [0.4, 0.5) is 0 Å². The molecular formula is C19H27NO3. The fraction of sp³-hybridized carbons (Fsp3) is 0.632. The van der Waals surface area contributed by atoms with Crippen molar-refractivity contribution in [2.45, 2.75) is 51.0 Å². The Labute approximate surface area is 138 Å². The minimum Gasteiger partial charge on any atom is -0.496 e. The molecular weight excluding hydrogens is 290 g/mol.